The first kappa shape index (κ1) is 21.6. The molecule has 0 radical (unpaired) electrons. The minimum atomic E-state index is -0.893. The summed E-state index contributed by atoms with van der Waals surface area (Å²) in [5.74, 6) is -0.382. The number of benzene rings is 2. The molecule has 6 nitrogen and oxygen atoms in total. The summed E-state index contributed by atoms with van der Waals surface area (Å²) in [5, 5.41) is 7.14. The minimum Gasteiger partial charge on any atom is -0.455 e. The van der Waals surface area contributed by atoms with E-state index >= 15 is 0 Å². The molecule has 0 aliphatic rings. The van der Waals surface area contributed by atoms with Crippen LogP contribution in [0.15, 0.2) is 64.1 Å². The Kier molecular flexibility index (Phi) is 6.92. The molecular weight excluding hydrogens is 425 g/mol. The SMILES string of the molecule is CC(C)c1ccc(NC(=O)C(=O)N/N=C/c2ccc(-c3ccc(Cl)c(Cl)c3)o2)cc1. The van der Waals surface area contributed by atoms with Gasteiger partial charge in [0.2, 0.25) is 0 Å². The molecule has 0 saturated carbocycles. The van der Waals surface area contributed by atoms with Gasteiger partial charge < -0.3 is 9.73 Å². The molecule has 0 aliphatic carbocycles. The Bertz CT molecular complexity index is 1090. The van der Waals surface area contributed by atoms with Crippen LogP contribution in [-0.4, -0.2) is 18.0 Å². The number of hydrogen-bond donors (Lipinski definition) is 2. The van der Waals surface area contributed by atoms with Gasteiger partial charge in [-0.05, 0) is 53.9 Å². The van der Waals surface area contributed by atoms with Crippen LogP contribution in [0.25, 0.3) is 11.3 Å². The molecule has 0 bridgehead atoms. The van der Waals surface area contributed by atoms with Crippen molar-refractivity contribution in [3.63, 3.8) is 0 Å². The highest BCUT2D eigenvalue weighted by Crippen LogP contribution is 2.29. The van der Waals surface area contributed by atoms with Gasteiger partial charge in [0.1, 0.15) is 11.5 Å². The zero-order chi connectivity index (χ0) is 21.7. The summed E-state index contributed by atoms with van der Waals surface area (Å²) in [5.41, 5.74) is 4.58. The number of furan rings is 1. The van der Waals surface area contributed by atoms with Gasteiger partial charge in [-0.2, -0.15) is 5.10 Å². The van der Waals surface area contributed by atoms with Crippen molar-refractivity contribution in [3.05, 3.63) is 76.0 Å². The average Bonchev–Trinajstić information content (AvgIpc) is 3.19. The Morgan fingerprint density at radius 1 is 0.967 bits per heavy atom. The van der Waals surface area contributed by atoms with Gasteiger partial charge in [-0.25, -0.2) is 5.43 Å². The largest absolute Gasteiger partial charge is 0.455 e. The normalized spacial score (nSPS) is 11.1. The summed E-state index contributed by atoms with van der Waals surface area (Å²) >= 11 is 11.9. The molecule has 0 unspecified atom stereocenters. The molecule has 2 N–H and O–H groups in total. The molecule has 0 spiro atoms. The fourth-order valence-electron chi connectivity index (χ4n) is 2.57. The van der Waals surface area contributed by atoms with Gasteiger partial charge in [-0.3, -0.25) is 9.59 Å². The molecule has 0 atom stereocenters. The molecular formula is C22H19Cl2N3O3. The molecule has 2 amide bonds. The van der Waals surface area contributed by atoms with Crippen LogP contribution in [0.4, 0.5) is 5.69 Å². The van der Waals surface area contributed by atoms with Crippen molar-refractivity contribution in [2.75, 3.05) is 5.32 Å². The first-order valence-electron chi connectivity index (χ1n) is 9.13. The number of carbonyl (C=O) groups excluding carboxylic acids is 2. The predicted molar refractivity (Wildman–Crippen MR) is 119 cm³/mol. The summed E-state index contributed by atoms with van der Waals surface area (Å²) in [4.78, 5) is 23.9. The fourth-order valence-corrected chi connectivity index (χ4v) is 2.87. The number of amides is 2. The van der Waals surface area contributed by atoms with E-state index in [1.807, 2.05) is 12.1 Å². The van der Waals surface area contributed by atoms with Crippen molar-refractivity contribution in [3.8, 4) is 11.3 Å². The van der Waals surface area contributed by atoms with Crippen LogP contribution >= 0.6 is 23.2 Å². The zero-order valence-corrected chi connectivity index (χ0v) is 17.8. The van der Waals surface area contributed by atoms with Crippen LogP contribution in [0.3, 0.4) is 0 Å². The van der Waals surface area contributed by atoms with E-state index in [-0.39, 0.29) is 0 Å². The lowest BCUT2D eigenvalue weighted by atomic mass is 10.0. The lowest BCUT2D eigenvalue weighted by molar-refractivity contribution is -0.136. The summed E-state index contributed by atoms with van der Waals surface area (Å²) in [6.07, 6.45) is 1.30. The maximum absolute atomic E-state index is 12.0. The third kappa shape index (κ3) is 5.49. The van der Waals surface area contributed by atoms with Crippen LogP contribution in [-0.2, 0) is 9.59 Å². The van der Waals surface area contributed by atoms with E-state index in [1.165, 1.54) is 6.21 Å². The van der Waals surface area contributed by atoms with Crippen molar-refractivity contribution >= 4 is 46.9 Å². The first-order chi connectivity index (χ1) is 14.3. The van der Waals surface area contributed by atoms with Crippen LogP contribution < -0.4 is 10.7 Å². The van der Waals surface area contributed by atoms with Gasteiger partial charge in [0, 0.05) is 11.3 Å². The smallest absolute Gasteiger partial charge is 0.329 e. The molecule has 3 rings (SSSR count). The van der Waals surface area contributed by atoms with Crippen LogP contribution in [0, 0.1) is 0 Å². The molecule has 0 saturated heterocycles. The Labute approximate surface area is 183 Å². The average molecular weight is 444 g/mol. The molecule has 2 aromatic carbocycles. The van der Waals surface area contributed by atoms with Gasteiger partial charge in [0.15, 0.2) is 0 Å². The number of hydrogen-bond acceptors (Lipinski definition) is 4. The topological polar surface area (TPSA) is 83.7 Å². The van der Waals surface area contributed by atoms with E-state index in [0.717, 1.165) is 11.1 Å². The van der Waals surface area contributed by atoms with Crippen molar-refractivity contribution in [1.29, 1.82) is 0 Å². The number of anilines is 1. The Morgan fingerprint density at radius 3 is 2.37 bits per heavy atom. The van der Waals surface area contributed by atoms with Gasteiger partial charge in [0.25, 0.3) is 0 Å². The van der Waals surface area contributed by atoms with Gasteiger partial charge >= 0.3 is 11.8 Å². The van der Waals surface area contributed by atoms with E-state index in [0.29, 0.717) is 33.2 Å². The molecule has 0 fully saturated rings. The van der Waals surface area contributed by atoms with Gasteiger partial charge in [-0.15, -0.1) is 0 Å². The minimum absolute atomic E-state index is 0.381. The molecule has 8 heteroatoms. The second-order valence-corrected chi connectivity index (χ2v) is 7.58. The van der Waals surface area contributed by atoms with E-state index in [1.54, 1.807) is 42.5 Å². The third-order valence-corrected chi connectivity index (χ3v) is 4.97. The number of nitrogens with zero attached hydrogens (tertiary/aromatic N) is 1. The molecule has 30 heavy (non-hydrogen) atoms. The first-order valence-corrected chi connectivity index (χ1v) is 9.88. The molecule has 3 aromatic rings. The Balaban J connectivity index is 1.55. The standard InChI is InChI=1S/C22H19Cl2N3O3/c1-13(2)14-3-6-16(7-4-14)26-21(28)22(29)27-25-12-17-8-10-20(30-17)15-5-9-18(23)19(24)11-15/h3-13H,1-2H3,(H,26,28)(H,27,29)/b25-12+. The number of halogens is 2. The quantitative estimate of drug-likeness (QED) is 0.311. The van der Waals surface area contributed by atoms with Crippen molar-refractivity contribution in [1.82, 2.24) is 5.43 Å². The van der Waals surface area contributed by atoms with Crippen LogP contribution in [0.2, 0.25) is 10.0 Å². The van der Waals surface area contributed by atoms with Crippen LogP contribution in [0.5, 0.6) is 0 Å². The number of hydrazone groups is 1. The van der Waals surface area contributed by atoms with Gasteiger partial charge in [0.05, 0.1) is 16.3 Å². The zero-order valence-electron chi connectivity index (χ0n) is 16.3. The van der Waals surface area contributed by atoms with Crippen molar-refractivity contribution in [2.24, 2.45) is 5.10 Å². The number of carbonyl (C=O) groups is 2. The second-order valence-electron chi connectivity index (χ2n) is 6.76. The summed E-state index contributed by atoms with van der Waals surface area (Å²) in [6, 6.07) is 15.8. The van der Waals surface area contributed by atoms with Crippen LogP contribution in [0.1, 0.15) is 31.1 Å². The second kappa shape index (κ2) is 9.61. The number of nitrogens with one attached hydrogen (secondary N) is 2. The molecule has 154 valence electrons. The highest BCUT2D eigenvalue weighted by molar-refractivity contribution is 6.42. The predicted octanol–water partition coefficient (Wildman–Crippen LogP) is 5.47. The van der Waals surface area contributed by atoms with Crippen molar-refractivity contribution in [2.45, 2.75) is 19.8 Å². The van der Waals surface area contributed by atoms with E-state index < -0.39 is 11.8 Å². The third-order valence-electron chi connectivity index (χ3n) is 4.23. The summed E-state index contributed by atoms with van der Waals surface area (Å²) in [7, 11) is 0. The lowest BCUT2D eigenvalue weighted by Crippen LogP contribution is -2.32. The molecule has 1 heterocycles. The Hall–Kier alpha value is -3.09. The number of rotatable bonds is 5. The summed E-state index contributed by atoms with van der Waals surface area (Å²) < 4.78 is 5.63. The molecule has 1 aromatic heterocycles. The summed E-state index contributed by atoms with van der Waals surface area (Å²) in [6.45, 7) is 4.15. The molecule has 0 aliphatic heterocycles. The Morgan fingerprint density at radius 2 is 1.70 bits per heavy atom. The highest BCUT2D eigenvalue weighted by Gasteiger charge is 2.13. The van der Waals surface area contributed by atoms with E-state index in [9.17, 15) is 9.59 Å². The van der Waals surface area contributed by atoms with E-state index in [4.69, 9.17) is 27.6 Å². The highest BCUT2D eigenvalue weighted by atomic mass is 35.5. The maximum Gasteiger partial charge on any atom is 0.329 e. The lowest BCUT2D eigenvalue weighted by Gasteiger charge is -2.07. The van der Waals surface area contributed by atoms with Gasteiger partial charge in [-0.1, -0.05) is 49.2 Å². The monoisotopic (exact) mass is 443 g/mol. The van der Waals surface area contributed by atoms with Crippen molar-refractivity contribution < 1.29 is 14.0 Å². The maximum atomic E-state index is 12.0. The van der Waals surface area contributed by atoms with E-state index in [2.05, 4.69) is 29.7 Å². The fraction of sp³-hybridized carbons (Fsp3) is 0.136.